The Morgan fingerprint density at radius 2 is 2.13 bits per heavy atom. The lowest BCUT2D eigenvalue weighted by molar-refractivity contribution is 0.489. The molecule has 1 atom stereocenters. The maximum Gasteiger partial charge on any atom is 0.125 e. The van der Waals surface area contributed by atoms with Crippen molar-refractivity contribution < 1.29 is 4.42 Å². The van der Waals surface area contributed by atoms with Gasteiger partial charge in [0, 0.05) is 9.50 Å². The van der Waals surface area contributed by atoms with Crippen LogP contribution in [-0.4, -0.2) is 0 Å². The van der Waals surface area contributed by atoms with E-state index in [1.807, 2.05) is 30.3 Å². The Balaban J connectivity index is 2.41. The molecule has 1 aromatic heterocycles. The lowest BCUT2D eigenvalue weighted by Gasteiger charge is -2.11. The first-order chi connectivity index (χ1) is 7.18. The van der Waals surface area contributed by atoms with E-state index in [0.29, 0.717) is 5.02 Å². The Hall–Kier alpha value is -0.770. The average Bonchev–Trinajstić information content (AvgIpc) is 2.74. The summed E-state index contributed by atoms with van der Waals surface area (Å²) in [7, 11) is 0. The molecule has 0 spiro atoms. The Labute approximate surface area is 101 Å². The van der Waals surface area contributed by atoms with Crippen LogP contribution in [-0.2, 0) is 0 Å². The number of nitrogens with two attached hydrogens (primary N) is 1. The molecule has 0 aliphatic rings. The van der Waals surface area contributed by atoms with Gasteiger partial charge in [0.15, 0.2) is 0 Å². The zero-order valence-electron chi connectivity index (χ0n) is 7.78. The van der Waals surface area contributed by atoms with E-state index in [4.69, 9.17) is 21.8 Å². The number of furan rings is 1. The summed E-state index contributed by atoms with van der Waals surface area (Å²) in [6.07, 6.45) is 1.60. The highest BCUT2D eigenvalue weighted by Gasteiger charge is 2.14. The number of rotatable bonds is 2. The summed E-state index contributed by atoms with van der Waals surface area (Å²) < 4.78 is 6.18. The quantitative estimate of drug-likeness (QED) is 0.913. The van der Waals surface area contributed by atoms with Crippen LogP contribution in [0.3, 0.4) is 0 Å². The standard InChI is InChI=1S/C11H9BrClNO/c12-9-4-3-7(13)6-8(9)11(14)10-2-1-5-15-10/h1-6,11H,14H2. The van der Waals surface area contributed by atoms with E-state index in [2.05, 4.69) is 15.9 Å². The largest absolute Gasteiger partial charge is 0.467 e. The van der Waals surface area contributed by atoms with Gasteiger partial charge in [-0.05, 0) is 35.9 Å². The third-order valence-electron chi connectivity index (χ3n) is 2.14. The predicted molar refractivity (Wildman–Crippen MR) is 63.9 cm³/mol. The van der Waals surface area contributed by atoms with E-state index < -0.39 is 0 Å². The van der Waals surface area contributed by atoms with Crippen LogP contribution >= 0.6 is 27.5 Å². The van der Waals surface area contributed by atoms with Gasteiger partial charge in [-0.25, -0.2) is 0 Å². The topological polar surface area (TPSA) is 39.2 Å². The third-order valence-corrected chi connectivity index (χ3v) is 3.10. The van der Waals surface area contributed by atoms with Crippen molar-refractivity contribution in [3.63, 3.8) is 0 Å². The van der Waals surface area contributed by atoms with Gasteiger partial charge in [0.25, 0.3) is 0 Å². The van der Waals surface area contributed by atoms with Gasteiger partial charge in [-0.2, -0.15) is 0 Å². The minimum Gasteiger partial charge on any atom is -0.467 e. The molecule has 0 aliphatic heterocycles. The Bertz CT molecular complexity index is 456. The first-order valence-electron chi connectivity index (χ1n) is 4.42. The van der Waals surface area contributed by atoms with Crippen LogP contribution in [0.1, 0.15) is 17.4 Å². The average molecular weight is 287 g/mol. The summed E-state index contributed by atoms with van der Waals surface area (Å²) in [5.41, 5.74) is 6.96. The first-order valence-corrected chi connectivity index (χ1v) is 5.59. The molecule has 1 unspecified atom stereocenters. The number of hydrogen-bond acceptors (Lipinski definition) is 2. The zero-order chi connectivity index (χ0) is 10.8. The van der Waals surface area contributed by atoms with Crippen LogP contribution in [0.2, 0.25) is 5.02 Å². The molecule has 15 heavy (non-hydrogen) atoms. The van der Waals surface area contributed by atoms with E-state index in [0.717, 1.165) is 15.8 Å². The van der Waals surface area contributed by atoms with Crippen LogP contribution in [0.5, 0.6) is 0 Å². The van der Waals surface area contributed by atoms with E-state index >= 15 is 0 Å². The van der Waals surface area contributed by atoms with E-state index in [1.165, 1.54) is 0 Å². The van der Waals surface area contributed by atoms with Gasteiger partial charge in [0.2, 0.25) is 0 Å². The molecule has 0 saturated carbocycles. The van der Waals surface area contributed by atoms with E-state index in [-0.39, 0.29) is 6.04 Å². The molecule has 0 saturated heterocycles. The Kier molecular flexibility index (Phi) is 3.14. The smallest absolute Gasteiger partial charge is 0.125 e. The minimum atomic E-state index is -0.298. The van der Waals surface area contributed by atoms with E-state index in [9.17, 15) is 0 Å². The Morgan fingerprint density at radius 1 is 1.33 bits per heavy atom. The molecule has 2 rings (SSSR count). The monoisotopic (exact) mass is 285 g/mol. The SMILES string of the molecule is NC(c1ccco1)c1cc(Cl)ccc1Br. The highest BCUT2D eigenvalue weighted by molar-refractivity contribution is 9.10. The van der Waals surface area contributed by atoms with Crippen LogP contribution in [0.4, 0.5) is 0 Å². The predicted octanol–water partition coefficient (Wildman–Crippen LogP) is 3.74. The zero-order valence-corrected chi connectivity index (χ0v) is 10.1. The number of benzene rings is 1. The van der Waals surface area contributed by atoms with Crippen LogP contribution in [0, 0.1) is 0 Å². The van der Waals surface area contributed by atoms with Crippen LogP contribution < -0.4 is 5.73 Å². The number of halogens is 2. The van der Waals surface area contributed by atoms with Gasteiger partial charge in [0.1, 0.15) is 5.76 Å². The summed E-state index contributed by atoms with van der Waals surface area (Å²) in [5.74, 6) is 0.720. The molecule has 0 bridgehead atoms. The fourth-order valence-electron chi connectivity index (χ4n) is 1.37. The molecule has 0 fully saturated rings. The fourth-order valence-corrected chi connectivity index (χ4v) is 2.05. The highest BCUT2D eigenvalue weighted by atomic mass is 79.9. The molecule has 4 heteroatoms. The summed E-state index contributed by atoms with van der Waals surface area (Å²) in [5, 5.41) is 0.662. The molecule has 78 valence electrons. The lowest BCUT2D eigenvalue weighted by atomic mass is 10.1. The van der Waals surface area contributed by atoms with Gasteiger partial charge < -0.3 is 10.2 Å². The fraction of sp³-hybridized carbons (Fsp3) is 0.0909. The summed E-state index contributed by atoms with van der Waals surface area (Å²) in [4.78, 5) is 0. The minimum absolute atomic E-state index is 0.298. The van der Waals surface area contributed by atoms with E-state index in [1.54, 1.807) is 6.26 Å². The van der Waals surface area contributed by atoms with Gasteiger partial charge in [-0.15, -0.1) is 0 Å². The molecular weight excluding hydrogens is 277 g/mol. The molecule has 1 heterocycles. The van der Waals surface area contributed by atoms with Crippen molar-refractivity contribution in [2.24, 2.45) is 5.73 Å². The molecule has 2 N–H and O–H groups in total. The third kappa shape index (κ3) is 2.25. The van der Waals surface area contributed by atoms with Crippen LogP contribution in [0.15, 0.2) is 45.5 Å². The second-order valence-corrected chi connectivity index (χ2v) is 4.45. The highest BCUT2D eigenvalue weighted by Crippen LogP contribution is 2.29. The van der Waals surface area contributed by atoms with Crippen LogP contribution in [0.25, 0.3) is 0 Å². The van der Waals surface area contributed by atoms with Gasteiger partial charge in [-0.1, -0.05) is 27.5 Å². The maximum atomic E-state index is 6.05. The van der Waals surface area contributed by atoms with Gasteiger partial charge >= 0.3 is 0 Å². The normalized spacial score (nSPS) is 12.7. The van der Waals surface area contributed by atoms with Crippen molar-refractivity contribution in [3.05, 3.63) is 57.4 Å². The molecule has 2 nitrogen and oxygen atoms in total. The lowest BCUT2D eigenvalue weighted by Crippen LogP contribution is -2.11. The van der Waals surface area contributed by atoms with Crippen molar-refractivity contribution in [2.45, 2.75) is 6.04 Å². The number of hydrogen-bond donors (Lipinski definition) is 1. The molecular formula is C11H9BrClNO. The van der Waals surface area contributed by atoms with Crippen molar-refractivity contribution in [3.8, 4) is 0 Å². The first kappa shape index (κ1) is 10.7. The molecule has 0 amide bonds. The second kappa shape index (κ2) is 4.39. The molecule has 2 aromatic rings. The summed E-state index contributed by atoms with van der Waals surface area (Å²) in [6, 6.07) is 8.88. The van der Waals surface area contributed by atoms with Crippen molar-refractivity contribution >= 4 is 27.5 Å². The summed E-state index contributed by atoms with van der Waals surface area (Å²) in [6.45, 7) is 0. The summed E-state index contributed by atoms with van der Waals surface area (Å²) >= 11 is 9.35. The molecule has 0 aliphatic carbocycles. The van der Waals surface area contributed by atoms with Crippen molar-refractivity contribution in [1.29, 1.82) is 0 Å². The second-order valence-electron chi connectivity index (χ2n) is 3.16. The van der Waals surface area contributed by atoms with Gasteiger partial charge in [-0.3, -0.25) is 0 Å². The van der Waals surface area contributed by atoms with Gasteiger partial charge in [0.05, 0.1) is 12.3 Å². The molecule has 0 radical (unpaired) electrons. The van der Waals surface area contributed by atoms with Crippen molar-refractivity contribution in [1.82, 2.24) is 0 Å². The van der Waals surface area contributed by atoms with Crippen molar-refractivity contribution in [2.75, 3.05) is 0 Å². The maximum absolute atomic E-state index is 6.05. The molecule has 1 aromatic carbocycles. The Morgan fingerprint density at radius 3 is 2.80 bits per heavy atom.